The minimum atomic E-state index is 0.392. The third kappa shape index (κ3) is 4.31. The smallest absolute Gasteiger partial charge is 0.0926 e. The van der Waals surface area contributed by atoms with Gasteiger partial charge in [0.25, 0.3) is 0 Å². The summed E-state index contributed by atoms with van der Waals surface area (Å²) in [6.07, 6.45) is 2.25. The van der Waals surface area contributed by atoms with Crippen molar-refractivity contribution in [2.45, 2.75) is 47.1 Å². The van der Waals surface area contributed by atoms with E-state index in [0.717, 1.165) is 19.5 Å². The Morgan fingerprint density at radius 3 is 2.67 bits per heavy atom. The molecule has 0 aliphatic carbocycles. The highest BCUT2D eigenvalue weighted by molar-refractivity contribution is 7.09. The number of rotatable bonds is 6. The van der Waals surface area contributed by atoms with E-state index in [1.54, 1.807) is 11.3 Å². The molecule has 0 aliphatic heterocycles. The van der Waals surface area contributed by atoms with Crippen LogP contribution >= 0.6 is 11.3 Å². The van der Waals surface area contributed by atoms with Gasteiger partial charge >= 0.3 is 0 Å². The summed E-state index contributed by atoms with van der Waals surface area (Å²) in [5.41, 5.74) is 1.58. The van der Waals surface area contributed by atoms with Crippen molar-refractivity contribution in [1.82, 2.24) is 10.3 Å². The normalized spacial score (nSPS) is 12.0. The van der Waals surface area contributed by atoms with Crippen LogP contribution in [0.5, 0.6) is 0 Å². The average molecular weight is 226 g/mol. The lowest BCUT2D eigenvalue weighted by Gasteiger charge is -2.22. The molecule has 0 radical (unpaired) electrons. The van der Waals surface area contributed by atoms with Crippen LogP contribution in [0.15, 0.2) is 5.38 Å². The molecule has 1 rings (SSSR count). The molecule has 1 aromatic rings. The SMILES string of the molecule is CCc1nc(CNCC(C)(C)CC)cs1. The van der Waals surface area contributed by atoms with Crippen LogP contribution in [0.3, 0.4) is 0 Å². The number of nitrogens with zero attached hydrogens (tertiary/aromatic N) is 1. The zero-order valence-electron chi connectivity index (χ0n) is 10.3. The maximum absolute atomic E-state index is 4.53. The zero-order chi connectivity index (χ0) is 11.3. The van der Waals surface area contributed by atoms with Gasteiger partial charge in [-0.1, -0.05) is 27.7 Å². The van der Waals surface area contributed by atoms with Crippen LogP contribution in [-0.2, 0) is 13.0 Å². The Bertz CT molecular complexity index is 292. The molecule has 0 unspecified atom stereocenters. The average Bonchev–Trinajstić information content (AvgIpc) is 2.66. The molecular weight excluding hydrogens is 204 g/mol. The van der Waals surface area contributed by atoms with Gasteiger partial charge in [-0.3, -0.25) is 0 Å². The summed E-state index contributed by atoms with van der Waals surface area (Å²) in [7, 11) is 0. The molecule has 15 heavy (non-hydrogen) atoms. The molecule has 2 nitrogen and oxygen atoms in total. The van der Waals surface area contributed by atoms with Gasteiger partial charge in [-0.25, -0.2) is 4.98 Å². The first-order valence-electron chi connectivity index (χ1n) is 5.71. The van der Waals surface area contributed by atoms with Crippen LogP contribution < -0.4 is 5.32 Å². The van der Waals surface area contributed by atoms with E-state index in [1.165, 1.54) is 17.1 Å². The molecule has 1 aromatic heterocycles. The van der Waals surface area contributed by atoms with Crippen LogP contribution in [0.1, 0.15) is 44.8 Å². The quantitative estimate of drug-likeness (QED) is 0.805. The number of aryl methyl sites for hydroxylation is 1. The van der Waals surface area contributed by atoms with Gasteiger partial charge in [0.2, 0.25) is 0 Å². The Kier molecular flexibility index (Phi) is 4.74. The lowest BCUT2D eigenvalue weighted by molar-refractivity contribution is 0.327. The molecule has 0 atom stereocenters. The summed E-state index contributed by atoms with van der Waals surface area (Å²) in [4.78, 5) is 4.53. The third-order valence-electron chi connectivity index (χ3n) is 2.77. The zero-order valence-corrected chi connectivity index (χ0v) is 11.1. The van der Waals surface area contributed by atoms with Crippen molar-refractivity contribution in [2.75, 3.05) is 6.54 Å². The molecule has 1 heterocycles. The van der Waals surface area contributed by atoms with E-state index in [2.05, 4.69) is 43.4 Å². The first-order chi connectivity index (χ1) is 7.07. The fraction of sp³-hybridized carbons (Fsp3) is 0.750. The molecular formula is C12H22N2S. The summed E-state index contributed by atoms with van der Waals surface area (Å²) >= 11 is 1.76. The predicted octanol–water partition coefficient (Wildman–Crippen LogP) is 3.23. The van der Waals surface area contributed by atoms with Crippen LogP contribution in [0, 0.1) is 5.41 Å². The van der Waals surface area contributed by atoms with E-state index in [-0.39, 0.29) is 0 Å². The fourth-order valence-corrected chi connectivity index (χ4v) is 1.99. The lowest BCUT2D eigenvalue weighted by Crippen LogP contribution is -2.28. The van der Waals surface area contributed by atoms with Crippen molar-refractivity contribution in [3.8, 4) is 0 Å². The molecule has 0 aromatic carbocycles. The van der Waals surface area contributed by atoms with Gasteiger partial charge in [-0.2, -0.15) is 0 Å². The van der Waals surface area contributed by atoms with Gasteiger partial charge < -0.3 is 5.32 Å². The second kappa shape index (κ2) is 5.61. The molecule has 86 valence electrons. The van der Waals surface area contributed by atoms with E-state index in [9.17, 15) is 0 Å². The predicted molar refractivity (Wildman–Crippen MR) is 67.3 cm³/mol. The first-order valence-corrected chi connectivity index (χ1v) is 6.59. The van der Waals surface area contributed by atoms with Crippen molar-refractivity contribution in [1.29, 1.82) is 0 Å². The second-order valence-corrected chi connectivity index (χ2v) is 5.65. The molecule has 1 N–H and O–H groups in total. The minimum absolute atomic E-state index is 0.392. The Morgan fingerprint density at radius 2 is 2.13 bits per heavy atom. The Hall–Kier alpha value is -0.410. The molecule has 0 saturated heterocycles. The van der Waals surface area contributed by atoms with E-state index in [0.29, 0.717) is 5.41 Å². The topological polar surface area (TPSA) is 24.9 Å². The minimum Gasteiger partial charge on any atom is -0.311 e. The number of nitrogens with one attached hydrogen (secondary N) is 1. The van der Waals surface area contributed by atoms with Crippen molar-refractivity contribution in [3.05, 3.63) is 16.1 Å². The van der Waals surface area contributed by atoms with E-state index >= 15 is 0 Å². The molecule has 0 saturated carbocycles. The van der Waals surface area contributed by atoms with Crippen molar-refractivity contribution < 1.29 is 0 Å². The number of aromatic nitrogens is 1. The summed E-state index contributed by atoms with van der Waals surface area (Å²) < 4.78 is 0. The number of hydrogen-bond donors (Lipinski definition) is 1. The van der Waals surface area contributed by atoms with Gasteiger partial charge in [-0.15, -0.1) is 11.3 Å². The van der Waals surface area contributed by atoms with Crippen LogP contribution in [-0.4, -0.2) is 11.5 Å². The maximum Gasteiger partial charge on any atom is 0.0926 e. The second-order valence-electron chi connectivity index (χ2n) is 4.71. The monoisotopic (exact) mass is 226 g/mol. The highest BCUT2D eigenvalue weighted by Crippen LogP contribution is 2.18. The third-order valence-corrected chi connectivity index (χ3v) is 3.81. The maximum atomic E-state index is 4.53. The van der Waals surface area contributed by atoms with Crippen LogP contribution in [0.25, 0.3) is 0 Å². The van der Waals surface area contributed by atoms with Crippen LogP contribution in [0.2, 0.25) is 0 Å². The van der Waals surface area contributed by atoms with Gasteiger partial charge in [-0.05, 0) is 18.3 Å². The largest absolute Gasteiger partial charge is 0.311 e. The highest BCUT2D eigenvalue weighted by atomic mass is 32.1. The molecule has 0 fully saturated rings. The molecule has 0 spiro atoms. The Labute approximate surface area is 97.1 Å². The van der Waals surface area contributed by atoms with Crippen molar-refractivity contribution in [2.24, 2.45) is 5.41 Å². The van der Waals surface area contributed by atoms with Gasteiger partial charge in [0.1, 0.15) is 0 Å². The van der Waals surface area contributed by atoms with E-state index < -0.39 is 0 Å². The van der Waals surface area contributed by atoms with Crippen molar-refractivity contribution in [3.63, 3.8) is 0 Å². The van der Waals surface area contributed by atoms with Crippen molar-refractivity contribution >= 4 is 11.3 Å². The van der Waals surface area contributed by atoms with Crippen LogP contribution in [0.4, 0.5) is 0 Å². The number of hydrogen-bond acceptors (Lipinski definition) is 3. The molecule has 0 amide bonds. The van der Waals surface area contributed by atoms with Gasteiger partial charge in [0, 0.05) is 18.5 Å². The Balaban J connectivity index is 2.31. The summed E-state index contributed by atoms with van der Waals surface area (Å²) in [5, 5.41) is 6.87. The highest BCUT2D eigenvalue weighted by Gasteiger charge is 2.14. The lowest BCUT2D eigenvalue weighted by atomic mass is 9.90. The summed E-state index contributed by atoms with van der Waals surface area (Å²) in [6, 6.07) is 0. The standard InChI is InChI=1S/C12H22N2S/c1-5-11-14-10(8-15-11)7-13-9-12(3,4)6-2/h8,13H,5-7,9H2,1-4H3. The first kappa shape index (κ1) is 12.7. The van der Waals surface area contributed by atoms with E-state index in [1.807, 2.05) is 0 Å². The number of thiazole rings is 1. The van der Waals surface area contributed by atoms with E-state index in [4.69, 9.17) is 0 Å². The Morgan fingerprint density at radius 1 is 1.40 bits per heavy atom. The van der Waals surface area contributed by atoms with Gasteiger partial charge in [0.05, 0.1) is 10.7 Å². The molecule has 3 heteroatoms. The summed E-state index contributed by atoms with van der Waals surface area (Å²) in [5.74, 6) is 0. The summed E-state index contributed by atoms with van der Waals surface area (Å²) in [6.45, 7) is 10.9. The fourth-order valence-electron chi connectivity index (χ4n) is 1.25. The molecule has 0 aliphatic rings. The molecule has 0 bridgehead atoms. The van der Waals surface area contributed by atoms with Gasteiger partial charge in [0.15, 0.2) is 0 Å².